The molecule has 1 nitrogen and oxygen atoms in total. The molecule has 14 heavy (non-hydrogen) atoms. The molecule has 0 aromatic heterocycles. The molecular formula is C10H9F3O. The Morgan fingerprint density at radius 3 is 2.29 bits per heavy atom. The van der Waals surface area contributed by atoms with Crippen LogP contribution in [-0.4, -0.2) is 5.78 Å². The van der Waals surface area contributed by atoms with Crippen molar-refractivity contribution in [1.29, 1.82) is 0 Å². The molecule has 0 saturated heterocycles. The minimum atomic E-state index is -4.46. The van der Waals surface area contributed by atoms with E-state index in [4.69, 9.17) is 0 Å². The molecule has 0 fully saturated rings. The summed E-state index contributed by atoms with van der Waals surface area (Å²) in [6.45, 7) is 2.77. The average Bonchev–Trinajstić information content (AvgIpc) is 2.01. The Bertz CT molecular complexity index is 366. The normalized spacial score (nSPS) is 11.5. The molecule has 0 aliphatic heterocycles. The summed E-state index contributed by atoms with van der Waals surface area (Å²) in [6, 6.07) is 3.53. The molecule has 4 heteroatoms. The predicted octanol–water partition coefficient (Wildman–Crippen LogP) is 3.22. The van der Waals surface area contributed by atoms with Gasteiger partial charge in [-0.1, -0.05) is 11.6 Å². The lowest BCUT2D eigenvalue weighted by Gasteiger charge is -2.11. The fourth-order valence-corrected chi connectivity index (χ4v) is 1.20. The molecule has 0 N–H and O–H groups in total. The van der Waals surface area contributed by atoms with E-state index in [9.17, 15) is 18.0 Å². The topological polar surface area (TPSA) is 17.1 Å². The number of ketones is 1. The summed E-state index contributed by atoms with van der Waals surface area (Å²) in [5, 5.41) is 0. The highest BCUT2D eigenvalue weighted by atomic mass is 19.4. The second kappa shape index (κ2) is 3.44. The van der Waals surface area contributed by atoms with Crippen molar-refractivity contribution in [2.75, 3.05) is 0 Å². The van der Waals surface area contributed by atoms with Crippen molar-refractivity contribution in [3.05, 3.63) is 34.9 Å². The Hall–Kier alpha value is -1.32. The van der Waals surface area contributed by atoms with Crippen LogP contribution >= 0.6 is 0 Å². The van der Waals surface area contributed by atoms with Crippen LogP contribution in [0.3, 0.4) is 0 Å². The maximum Gasteiger partial charge on any atom is 0.417 e. The molecule has 1 rings (SSSR count). The van der Waals surface area contributed by atoms with E-state index in [0.717, 1.165) is 13.0 Å². The Kier molecular flexibility index (Phi) is 2.64. The van der Waals surface area contributed by atoms with Crippen LogP contribution in [-0.2, 0) is 6.18 Å². The number of aryl methyl sites for hydroxylation is 1. The van der Waals surface area contributed by atoms with Gasteiger partial charge in [-0.05, 0) is 26.0 Å². The van der Waals surface area contributed by atoms with Gasteiger partial charge in [-0.25, -0.2) is 0 Å². The summed E-state index contributed by atoms with van der Waals surface area (Å²) in [6.07, 6.45) is -4.46. The van der Waals surface area contributed by atoms with Crippen LogP contribution in [0.15, 0.2) is 18.2 Å². The summed E-state index contributed by atoms with van der Waals surface area (Å²) in [4.78, 5) is 11.0. The van der Waals surface area contributed by atoms with Crippen molar-refractivity contribution < 1.29 is 18.0 Å². The summed E-state index contributed by atoms with van der Waals surface area (Å²) in [5.74, 6) is -0.568. The van der Waals surface area contributed by atoms with Gasteiger partial charge in [-0.15, -0.1) is 0 Å². The van der Waals surface area contributed by atoms with Gasteiger partial charge in [0, 0.05) is 5.56 Å². The van der Waals surface area contributed by atoms with E-state index in [1.807, 2.05) is 0 Å². The van der Waals surface area contributed by atoms with Gasteiger partial charge < -0.3 is 0 Å². The monoisotopic (exact) mass is 202 g/mol. The zero-order chi connectivity index (χ0) is 10.9. The first kappa shape index (κ1) is 10.8. The third kappa shape index (κ3) is 2.13. The molecule has 0 aliphatic rings. The quantitative estimate of drug-likeness (QED) is 0.639. The van der Waals surface area contributed by atoms with Gasteiger partial charge in [0.2, 0.25) is 0 Å². The van der Waals surface area contributed by atoms with E-state index in [-0.39, 0.29) is 5.56 Å². The van der Waals surface area contributed by atoms with Crippen LogP contribution in [0.4, 0.5) is 13.2 Å². The van der Waals surface area contributed by atoms with E-state index < -0.39 is 17.5 Å². The number of hydrogen-bond acceptors (Lipinski definition) is 1. The van der Waals surface area contributed by atoms with Crippen LogP contribution in [0, 0.1) is 6.92 Å². The molecule has 0 atom stereocenters. The van der Waals surface area contributed by atoms with Gasteiger partial charge in [0.05, 0.1) is 5.56 Å². The molecule has 0 aliphatic carbocycles. The third-order valence-corrected chi connectivity index (χ3v) is 1.86. The lowest BCUT2D eigenvalue weighted by Crippen LogP contribution is -2.11. The van der Waals surface area contributed by atoms with Crippen LogP contribution in [0.2, 0.25) is 0 Å². The molecule has 76 valence electrons. The minimum Gasteiger partial charge on any atom is -0.294 e. The van der Waals surface area contributed by atoms with Gasteiger partial charge in [0.15, 0.2) is 5.78 Å². The van der Waals surface area contributed by atoms with Crippen molar-refractivity contribution >= 4 is 5.78 Å². The smallest absolute Gasteiger partial charge is 0.294 e. The molecule has 0 unspecified atom stereocenters. The largest absolute Gasteiger partial charge is 0.417 e. The fraction of sp³-hybridized carbons (Fsp3) is 0.300. The minimum absolute atomic E-state index is 0.266. The van der Waals surface area contributed by atoms with Crippen LogP contribution in [0.25, 0.3) is 0 Å². The van der Waals surface area contributed by atoms with Crippen LogP contribution in [0.1, 0.15) is 28.4 Å². The van der Waals surface area contributed by atoms with Crippen LogP contribution < -0.4 is 0 Å². The van der Waals surface area contributed by atoms with E-state index in [1.54, 1.807) is 6.92 Å². The first-order chi connectivity index (χ1) is 6.32. The van der Waals surface area contributed by atoms with Crippen LogP contribution in [0.5, 0.6) is 0 Å². The molecule has 0 radical (unpaired) electrons. The fourth-order valence-electron chi connectivity index (χ4n) is 1.20. The van der Waals surface area contributed by atoms with Gasteiger partial charge in [-0.2, -0.15) is 13.2 Å². The summed E-state index contributed by atoms with van der Waals surface area (Å²) in [5.41, 5.74) is -0.490. The van der Waals surface area contributed by atoms with E-state index >= 15 is 0 Å². The van der Waals surface area contributed by atoms with E-state index in [1.165, 1.54) is 12.1 Å². The highest BCUT2D eigenvalue weighted by Gasteiger charge is 2.34. The molecule has 0 heterocycles. The zero-order valence-corrected chi connectivity index (χ0v) is 7.77. The van der Waals surface area contributed by atoms with Crippen molar-refractivity contribution in [1.82, 2.24) is 0 Å². The highest BCUT2D eigenvalue weighted by molar-refractivity contribution is 5.95. The van der Waals surface area contributed by atoms with Gasteiger partial charge in [-0.3, -0.25) is 4.79 Å². The van der Waals surface area contributed by atoms with Crippen molar-refractivity contribution in [2.45, 2.75) is 20.0 Å². The number of Topliss-reactive ketones (excluding diaryl/α,β-unsaturated/α-hetero) is 1. The second-order valence-corrected chi connectivity index (χ2v) is 3.10. The Morgan fingerprint density at radius 2 is 1.86 bits per heavy atom. The van der Waals surface area contributed by atoms with Gasteiger partial charge in [0.25, 0.3) is 0 Å². The summed E-state index contributed by atoms with van der Waals surface area (Å²) < 4.78 is 37.2. The Morgan fingerprint density at radius 1 is 1.29 bits per heavy atom. The maximum atomic E-state index is 12.4. The van der Waals surface area contributed by atoms with Gasteiger partial charge in [0.1, 0.15) is 0 Å². The number of halogens is 3. The van der Waals surface area contributed by atoms with Crippen molar-refractivity contribution in [3.63, 3.8) is 0 Å². The maximum absolute atomic E-state index is 12.4. The standard InChI is InChI=1S/C10H9F3O/c1-6-3-4-9(10(11,12)13)8(5-6)7(2)14/h3-5H,1-2H3. The molecule has 1 aromatic rings. The first-order valence-corrected chi connectivity index (χ1v) is 4.01. The molecule has 1 aromatic carbocycles. The average molecular weight is 202 g/mol. The lowest BCUT2D eigenvalue weighted by molar-refractivity contribution is -0.137. The summed E-state index contributed by atoms with van der Waals surface area (Å²) >= 11 is 0. The van der Waals surface area contributed by atoms with E-state index in [2.05, 4.69) is 0 Å². The Balaban J connectivity index is 3.37. The lowest BCUT2D eigenvalue weighted by atomic mass is 10.0. The predicted molar refractivity (Wildman–Crippen MR) is 46.2 cm³/mol. The SMILES string of the molecule is CC(=O)c1cc(C)ccc1C(F)(F)F. The molecule has 0 saturated carbocycles. The number of rotatable bonds is 1. The third-order valence-electron chi connectivity index (χ3n) is 1.86. The molecule has 0 spiro atoms. The first-order valence-electron chi connectivity index (χ1n) is 4.01. The second-order valence-electron chi connectivity index (χ2n) is 3.10. The van der Waals surface area contributed by atoms with Crippen molar-refractivity contribution in [3.8, 4) is 0 Å². The van der Waals surface area contributed by atoms with Gasteiger partial charge >= 0.3 is 6.18 Å². The Labute approximate surface area is 79.5 Å². The summed E-state index contributed by atoms with van der Waals surface area (Å²) in [7, 11) is 0. The number of hydrogen-bond donors (Lipinski definition) is 0. The van der Waals surface area contributed by atoms with E-state index in [0.29, 0.717) is 5.56 Å². The number of alkyl halides is 3. The zero-order valence-electron chi connectivity index (χ0n) is 7.77. The molecule has 0 amide bonds. The molecule has 0 bridgehead atoms. The van der Waals surface area contributed by atoms with Crippen molar-refractivity contribution in [2.24, 2.45) is 0 Å². The number of carbonyl (C=O) groups is 1. The number of carbonyl (C=O) groups excluding carboxylic acids is 1. The number of benzene rings is 1. The highest BCUT2D eigenvalue weighted by Crippen LogP contribution is 2.32. The molecular weight excluding hydrogens is 193 g/mol.